The number of ether oxygens (including phenoxy) is 1. The van der Waals surface area contributed by atoms with Crippen molar-refractivity contribution in [1.29, 1.82) is 0 Å². The molecule has 7 nitrogen and oxygen atoms in total. The van der Waals surface area contributed by atoms with Gasteiger partial charge >= 0.3 is 0 Å². The number of hydrogen-bond donors (Lipinski definition) is 2. The Kier molecular flexibility index (Phi) is 5.71. The van der Waals surface area contributed by atoms with Gasteiger partial charge in [-0.2, -0.15) is 0 Å². The molecule has 0 aromatic heterocycles. The summed E-state index contributed by atoms with van der Waals surface area (Å²) in [6, 6.07) is 13.4. The molecule has 1 amide bonds. The van der Waals surface area contributed by atoms with Crippen LogP contribution in [0.15, 0.2) is 59.1 Å². The number of para-hydroxylation sites is 2. The van der Waals surface area contributed by atoms with E-state index >= 15 is 0 Å². The average Bonchev–Trinajstić information content (AvgIpc) is 2.90. The van der Waals surface area contributed by atoms with Crippen LogP contribution in [-0.2, 0) is 14.8 Å². The number of carbonyl (C=O) groups is 1. The third-order valence-corrected chi connectivity index (χ3v) is 5.86. The molecule has 0 aliphatic carbocycles. The van der Waals surface area contributed by atoms with E-state index in [0.29, 0.717) is 27.6 Å². The lowest BCUT2D eigenvalue weighted by atomic mass is 10.1. The molecule has 0 saturated carbocycles. The number of hydrogen-bond acceptors (Lipinski definition) is 5. The topological polar surface area (TPSA) is 96.9 Å². The molecule has 0 spiro atoms. The first-order valence-electron chi connectivity index (χ1n) is 8.29. The van der Waals surface area contributed by atoms with E-state index in [-0.39, 0.29) is 17.3 Å². The van der Waals surface area contributed by atoms with E-state index in [1.165, 1.54) is 7.11 Å². The highest BCUT2D eigenvalue weighted by Gasteiger charge is 2.32. The van der Waals surface area contributed by atoms with Crippen molar-refractivity contribution in [2.75, 3.05) is 19.0 Å². The van der Waals surface area contributed by atoms with Crippen molar-refractivity contribution in [3.05, 3.63) is 64.7 Å². The molecule has 0 atom stereocenters. The SMILES string of the molecule is COc1ccccc1NC(=O)CN=C1NS(=O)(=O)C(c2ccc(Cl)cc2)=C1C. The summed E-state index contributed by atoms with van der Waals surface area (Å²) in [5.41, 5.74) is 1.45. The van der Waals surface area contributed by atoms with Gasteiger partial charge in [-0.15, -0.1) is 0 Å². The Hall–Kier alpha value is -2.84. The highest BCUT2D eigenvalue weighted by molar-refractivity contribution is 8.00. The third kappa shape index (κ3) is 4.18. The fourth-order valence-corrected chi connectivity index (χ4v) is 4.42. The number of amidine groups is 1. The van der Waals surface area contributed by atoms with E-state index in [1.54, 1.807) is 55.5 Å². The number of anilines is 1. The van der Waals surface area contributed by atoms with E-state index in [0.717, 1.165) is 0 Å². The first-order chi connectivity index (χ1) is 13.3. The van der Waals surface area contributed by atoms with Crippen LogP contribution in [-0.4, -0.2) is 33.8 Å². The Bertz CT molecular complexity index is 1080. The van der Waals surface area contributed by atoms with Gasteiger partial charge < -0.3 is 10.1 Å². The Balaban J connectivity index is 1.81. The van der Waals surface area contributed by atoms with Gasteiger partial charge in [-0.05, 0) is 36.8 Å². The van der Waals surface area contributed by atoms with Gasteiger partial charge in [-0.25, -0.2) is 8.42 Å². The van der Waals surface area contributed by atoms with Crippen molar-refractivity contribution in [3.63, 3.8) is 0 Å². The van der Waals surface area contributed by atoms with Gasteiger partial charge in [0.1, 0.15) is 23.0 Å². The number of carbonyl (C=O) groups excluding carboxylic acids is 1. The first-order valence-corrected chi connectivity index (χ1v) is 10.2. The molecule has 0 saturated heterocycles. The lowest BCUT2D eigenvalue weighted by Crippen LogP contribution is -2.25. The second-order valence-electron chi connectivity index (χ2n) is 5.98. The van der Waals surface area contributed by atoms with Crippen LogP contribution in [0, 0.1) is 0 Å². The predicted molar refractivity (Wildman–Crippen MR) is 110 cm³/mol. The van der Waals surface area contributed by atoms with Gasteiger partial charge in [0.15, 0.2) is 0 Å². The summed E-state index contributed by atoms with van der Waals surface area (Å²) in [5, 5.41) is 3.20. The Labute approximate surface area is 168 Å². The van der Waals surface area contributed by atoms with Gasteiger partial charge in [-0.3, -0.25) is 14.5 Å². The second kappa shape index (κ2) is 8.04. The summed E-state index contributed by atoms with van der Waals surface area (Å²) >= 11 is 5.87. The minimum absolute atomic E-state index is 0.119. The van der Waals surface area contributed by atoms with E-state index in [1.807, 2.05) is 0 Å². The highest BCUT2D eigenvalue weighted by atomic mass is 35.5. The Morgan fingerprint density at radius 1 is 1.18 bits per heavy atom. The number of methoxy groups -OCH3 is 1. The van der Waals surface area contributed by atoms with E-state index in [9.17, 15) is 13.2 Å². The molecule has 9 heteroatoms. The van der Waals surface area contributed by atoms with Crippen molar-refractivity contribution in [2.24, 2.45) is 4.99 Å². The summed E-state index contributed by atoms with van der Waals surface area (Å²) < 4.78 is 32.6. The lowest BCUT2D eigenvalue weighted by Gasteiger charge is -2.08. The zero-order chi connectivity index (χ0) is 20.3. The second-order valence-corrected chi connectivity index (χ2v) is 8.04. The van der Waals surface area contributed by atoms with Crippen LogP contribution >= 0.6 is 11.6 Å². The maximum absolute atomic E-state index is 12.5. The lowest BCUT2D eigenvalue weighted by molar-refractivity contribution is -0.114. The fraction of sp³-hybridized carbons (Fsp3) is 0.158. The summed E-state index contributed by atoms with van der Waals surface area (Å²) in [6.07, 6.45) is 0. The molecule has 0 fully saturated rings. The van der Waals surface area contributed by atoms with Gasteiger partial charge in [-0.1, -0.05) is 35.9 Å². The molecule has 146 valence electrons. The van der Waals surface area contributed by atoms with E-state index < -0.39 is 15.9 Å². The minimum Gasteiger partial charge on any atom is -0.495 e. The van der Waals surface area contributed by atoms with Crippen molar-refractivity contribution < 1.29 is 17.9 Å². The number of nitrogens with zero attached hydrogens (tertiary/aromatic N) is 1. The van der Waals surface area contributed by atoms with Crippen LogP contribution in [0.4, 0.5) is 5.69 Å². The smallest absolute Gasteiger partial charge is 0.264 e. The monoisotopic (exact) mass is 419 g/mol. The maximum atomic E-state index is 12.5. The zero-order valence-corrected chi connectivity index (χ0v) is 16.8. The normalized spacial score (nSPS) is 16.8. The van der Waals surface area contributed by atoms with Gasteiger partial charge in [0.05, 0.1) is 12.8 Å². The molecule has 1 heterocycles. The molecule has 0 bridgehead atoms. The number of amides is 1. The molecule has 2 aromatic carbocycles. The quantitative estimate of drug-likeness (QED) is 0.778. The van der Waals surface area contributed by atoms with E-state index in [2.05, 4.69) is 15.0 Å². The summed E-state index contributed by atoms with van der Waals surface area (Å²) in [7, 11) is -2.26. The van der Waals surface area contributed by atoms with Crippen LogP contribution in [0.3, 0.4) is 0 Å². The number of halogens is 1. The van der Waals surface area contributed by atoms with Crippen LogP contribution in [0.5, 0.6) is 5.75 Å². The zero-order valence-electron chi connectivity index (χ0n) is 15.2. The van der Waals surface area contributed by atoms with Gasteiger partial charge in [0.2, 0.25) is 5.91 Å². The van der Waals surface area contributed by atoms with Crippen LogP contribution in [0.25, 0.3) is 4.91 Å². The summed E-state index contributed by atoms with van der Waals surface area (Å²) in [6.45, 7) is 1.39. The van der Waals surface area contributed by atoms with Crippen molar-refractivity contribution >= 4 is 44.0 Å². The minimum atomic E-state index is -3.76. The van der Waals surface area contributed by atoms with Crippen molar-refractivity contribution in [2.45, 2.75) is 6.92 Å². The molecule has 1 aliphatic heterocycles. The molecular weight excluding hydrogens is 402 g/mol. The number of sulfonamides is 1. The van der Waals surface area contributed by atoms with Crippen LogP contribution < -0.4 is 14.8 Å². The number of benzene rings is 2. The number of nitrogens with one attached hydrogen (secondary N) is 2. The van der Waals surface area contributed by atoms with Crippen LogP contribution in [0.1, 0.15) is 12.5 Å². The summed E-state index contributed by atoms with van der Waals surface area (Å²) in [5.74, 6) is 0.259. The molecular formula is C19H18ClN3O4S. The van der Waals surface area contributed by atoms with E-state index in [4.69, 9.17) is 16.3 Å². The number of aliphatic imine (C=N–C) groups is 1. The molecule has 0 unspecified atom stereocenters. The number of rotatable bonds is 5. The van der Waals surface area contributed by atoms with Crippen molar-refractivity contribution in [3.8, 4) is 5.75 Å². The van der Waals surface area contributed by atoms with Crippen molar-refractivity contribution in [1.82, 2.24) is 4.72 Å². The molecule has 1 aliphatic rings. The molecule has 28 heavy (non-hydrogen) atoms. The first kappa shape index (κ1) is 19.9. The summed E-state index contributed by atoms with van der Waals surface area (Å²) in [4.78, 5) is 16.5. The average molecular weight is 420 g/mol. The molecule has 0 radical (unpaired) electrons. The molecule has 3 rings (SSSR count). The van der Waals surface area contributed by atoms with Crippen LogP contribution in [0.2, 0.25) is 5.02 Å². The molecule has 2 aromatic rings. The van der Waals surface area contributed by atoms with Gasteiger partial charge in [0.25, 0.3) is 10.0 Å². The maximum Gasteiger partial charge on any atom is 0.264 e. The fourth-order valence-electron chi connectivity index (χ4n) is 2.78. The van der Waals surface area contributed by atoms with Gasteiger partial charge in [0, 0.05) is 10.6 Å². The largest absolute Gasteiger partial charge is 0.495 e. The Morgan fingerprint density at radius 3 is 2.54 bits per heavy atom. The Morgan fingerprint density at radius 2 is 1.86 bits per heavy atom. The standard InChI is InChI=1S/C19H18ClN3O4S/c1-12-18(13-7-9-14(20)10-8-13)28(25,26)23-19(12)21-11-17(24)22-15-5-3-4-6-16(15)27-2/h3-10H,11H2,1-2H3,(H,21,23)(H,22,24). The predicted octanol–water partition coefficient (Wildman–Crippen LogP) is 3.05. The highest BCUT2D eigenvalue weighted by Crippen LogP contribution is 2.30. The third-order valence-electron chi connectivity index (χ3n) is 4.06. The molecule has 2 N–H and O–H groups in total.